The summed E-state index contributed by atoms with van der Waals surface area (Å²) < 4.78 is 17.8. The molecule has 0 aliphatic heterocycles. The number of rotatable bonds is 11. The molecule has 194 valence electrons. The maximum absolute atomic E-state index is 11.9. The fourth-order valence-corrected chi connectivity index (χ4v) is 4.18. The third-order valence-corrected chi connectivity index (χ3v) is 5.82. The molecule has 0 radical (unpaired) electrons. The van der Waals surface area contributed by atoms with Crippen LogP contribution >= 0.6 is 0 Å². The number of aryl methyl sites for hydroxylation is 1. The second kappa shape index (κ2) is 13.0. The van der Waals surface area contributed by atoms with Crippen molar-refractivity contribution < 1.29 is 19.0 Å². The van der Waals surface area contributed by atoms with E-state index in [2.05, 4.69) is 54.7 Å². The quantitative estimate of drug-likeness (QED) is 0.259. The van der Waals surface area contributed by atoms with E-state index in [4.69, 9.17) is 14.2 Å². The van der Waals surface area contributed by atoms with Crippen LogP contribution in [0.15, 0.2) is 84.9 Å². The molecule has 0 unspecified atom stereocenters. The van der Waals surface area contributed by atoms with Crippen molar-refractivity contribution in [2.45, 2.75) is 38.9 Å². The lowest BCUT2D eigenvalue weighted by Crippen LogP contribution is -2.36. The van der Waals surface area contributed by atoms with E-state index >= 15 is 0 Å². The number of hydrogen-bond acceptors (Lipinski definition) is 5. The minimum atomic E-state index is -0.829. The van der Waals surface area contributed by atoms with Crippen LogP contribution in [0.25, 0.3) is 0 Å². The van der Waals surface area contributed by atoms with Gasteiger partial charge in [0.15, 0.2) is 0 Å². The molecule has 1 amide bonds. The van der Waals surface area contributed by atoms with E-state index in [1.165, 1.54) is 0 Å². The van der Waals surface area contributed by atoms with Crippen molar-refractivity contribution in [1.29, 1.82) is 5.26 Å². The lowest BCUT2D eigenvalue weighted by atomic mass is 9.78. The molecule has 0 heterocycles. The summed E-state index contributed by atoms with van der Waals surface area (Å²) in [7, 11) is 0. The van der Waals surface area contributed by atoms with Gasteiger partial charge in [0.1, 0.15) is 11.2 Å². The van der Waals surface area contributed by atoms with Crippen LogP contribution in [0.3, 0.4) is 0 Å². The molecule has 3 aromatic carbocycles. The standard InChI is InChI=1S/C31H36N2O4/c1-24-13-11-12-18-28(24)31(26-14-7-5-8-15-26,27-16-9-6-10-17-27)36-20-19-35-23-25(21-32)22-33-29(34)37-30(2,3)4/h5-18,25H,19-20,22-23H2,1-4H3,(H,33,34)/t25-/m0/s1. The summed E-state index contributed by atoms with van der Waals surface area (Å²) in [5.41, 5.74) is 2.79. The van der Waals surface area contributed by atoms with Crippen LogP contribution in [-0.2, 0) is 19.8 Å². The number of nitriles is 1. The number of ether oxygens (including phenoxy) is 3. The van der Waals surface area contributed by atoms with Gasteiger partial charge in [0, 0.05) is 6.54 Å². The maximum atomic E-state index is 11.9. The first-order valence-corrected chi connectivity index (χ1v) is 12.5. The minimum absolute atomic E-state index is 0.146. The third kappa shape index (κ3) is 7.66. The number of nitrogens with one attached hydrogen (secondary N) is 1. The second-order valence-electron chi connectivity index (χ2n) is 9.86. The Bertz CT molecular complexity index is 1130. The zero-order valence-electron chi connectivity index (χ0n) is 22.1. The number of benzene rings is 3. The Morgan fingerprint density at radius 1 is 0.892 bits per heavy atom. The smallest absolute Gasteiger partial charge is 0.407 e. The van der Waals surface area contributed by atoms with Crippen LogP contribution in [0, 0.1) is 24.2 Å². The average molecular weight is 501 g/mol. The van der Waals surface area contributed by atoms with Gasteiger partial charge in [0.05, 0.1) is 31.8 Å². The summed E-state index contributed by atoms with van der Waals surface area (Å²) in [5, 5.41) is 12.1. The highest BCUT2D eigenvalue weighted by Crippen LogP contribution is 2.41. The number of hydrogen-bond donors (Lipinski definition) is 1. The van der Waals surface area contributed by atoms with E-state index in [1.54, 1.807) is 20.8 Å². The molecule has 0 aliphatic rings. The van der Waals surface area contributed by atoms with Gasteiger partial charge in [0.2, 0.25) is 0 Å². The fraction of sp³-hybridized carbons (Fsp3) is 0.355. The minimum Gasteiger partial charge on any atom is -0.444 e. The van der Waals surface area contributed by atoms with Crippen LogP contribution in [0.5, 0.6) is 0 Å². The van der Waals surface area contributed by atoms with Gasteiger partial charge in [-0.1, -0.05) is 84.9 Å². The molecule has 6 nitrogen and oxygen atoms in total. The highest BCUT2D eigenvalue weighted by Gasteiger charge is 2.38. The number of carbonyl (C=O) groups is 1. The van der Waals surface area contributed by atoms with Crippen molar-refractivity contribution in [3.8, 4) is 6.07 Å². The predicted molar refractivity (Wildman–Crippen MR) is 144 cm³/mol. The Morgan fingerprint density at radius 3 is 2.00 bits per heavy atom. The van der Waals surface area contributed by atoms with E-state index in [0.717, 1.165) is 22.3 Å². The summed E-state index contributed by atoms with van der Waals surface area (Å²) in [5.74, 6) is -0.503. The molecule has 0 aliphatic carbocycles. The van der Waals surface area contributed by atoms with Crippen LogP contribution in [-0.4, -0.2) is 38.1 Å². The average Bonchev–Trinajstić information content (AvgIpc) is 2.89. The second-order valence-corrected chi connectivity index (χ2v) is 9.86. The molecular weight excluding hydrogens is 464 g/mol. The molecule has 0 bridgehead atoms. The molecule has 0 fully saturated rings. The zero-order valence-corrected chi connectivity index (χ0v) is 22.1. The van der Waals surface area contributed by atoms with Crippen molar-refractivity contribution in [2.75, 3.05) is 26.4 Å². The Morgan fingerprint density at radius 2 is 1.46 bits per heavy atom. The Kier molecular flexibility index (Phi) is 9.85. The Hall–Kier alpha value is -3.66. The maximum Gasteiger partial charge on any atom is 0.407 e. The number of alkyl carbamates (subject to hydrolysis) is 1. The Labute approximate surface area is 220 Å². The Balaban J connectivity index is 1.72. The normalized spacial score (nSPS) is 12.4. The summed E-state index contributed by atoms with van der Waals surface area (Å²) in [4.78, 5) is 11.9. The first kappa shape index (κ1) is 27.9. The molecule has 0 saturated carbocycles. The summed E-state index contributed by atoms with van der Waals surface area (Å²) in [6.07, 6.45) is -0.551. The van der Waals surface area contributed by atoms with Crippen molar-refractivity contribution >= 4 is 6.09 Å². The monoisotopic (exact) mass is 500 g/mol. The fourth-order valence-electron chi connectivity index (χ4n) is 4.18. The SMILES string of the molecule is Cc1ccccc1C(OCCOC[C@@H](C#N)CNC(=O)OC(C)(C)C)(c1ccccc1)c1ccccc1. The van der Waals surface area contributed by atoms with Crippen LogP contribution in [0.1, 0.15) is 43.0 Å². The molecule has 0 saturated heterocycles. The van der Waals surface area contributed by atoms with E-state index in [1.807, 2.05) is 48.5 Å². The molecule has 3 aromatic rings. The molecule has 1 atom stereocenters. The summed E-state index contributed by atoms with van der Waals surface area (Å²) in [6.45, 7) is 8.37. The molecule has 3 rings (SSSR count). The first-order valence-electron chi connectivity index (χ1n) is 12.5. The van der Waals surface area contributed by atoms with Crippen molar-refractivity contribution in [3.05, 3.63) is 107 Å². The van der Waals surface area contributed by atoms with Crippen LogP contribution < -0.4 is 5.32 Å². The number of amides is 1. The molecule has 37 heavy (non-hydrogen) atoms. The summed E-state index contributed by atoms with van der Waals surface area (Å²) in [6, 6.07) is 30.8. The topological polar surface area (TPSA) is 80.6 Å². The molecule has 0 aromatic heterocycles. The molecule has 1 N–H and O–H groups in total. The van der Waals surface area contributed by atoms with Crippen LogP contribution in [0.2, 0.25) is 0 Å². The largest absolute Gasteiger partial charge is 0.444 e. The first-order chi connectivity index (χ1) is 17.8. The van der Waals surface area contributed by atoms with Gasteiger partial charge < -0.3 is 19.5 Å². The van der Waals surface area contributed by atoms with E-state index < -0.39 is 23.2 Å². The molecule has 6 heteroatoms. The van der Waals surface area contributed by atoms with Gasteiger partial charge in [-0.15, -0.1) is 0 Å². The van der Waals surface area contributed by atoms with Gasteiger partial charge in [0.25, 0.3) is 0 Å². The lowest BCUT2D eigenvalue weighted by Gasteiger charge is -2.37. The highest BCUT2D eigenvalue weighted by atomic mass is 16.6. The lowest BCUT2D eigenvalue weighted by molar-refractivity contribution is -0.0270. The predicted octanol–water partition coefficient (Wildman–Crippen LogP) is 5.98. The molecule has 0 spiro atoms. The van der Waals surface area contributed by atoms with Crippen molar-refractivity contribution in [3.63, 3.8) is 0 Å². The third-order valence-electron chi connectivity index (χ3n) is 5.82. The van der Waals surface area contributed by atoms with Gasteiger partial charge in [-0.25, -0.2) is 4.79 Å². The van der Waals surface area contributed by atoms with Crippen molar-refractivity contribution in [2.24, 2.45) is 5.92 Å². The van der Waals surface area contributed by atoms with Crippen molar-refractivity contribution in [1.82, 2.24) is 5.32 Å². The van der Waals surface area contributed by atoms with Gasteiger partial charge in [-0.2, -0.15) is 5.26 Å². The van der Waals surface area contributed by atoms with Gasteiger partial charge in [-0.05, 0) is 49.9 Å². The highest BCUT2D eigenvalue weighted by molar-refractivity contribution is 5.67. The number of nitrogens with zero attached hydrogens (tertiary/aromatic N) is 1. The van der Waals surface area contributed by atoms with Gasteiger partial charge >= 0.3 is 6.09 Å². The number of carbonyl (C=O) groups excluding carboxylic acids is 1. The summed E-state index contributed by atoms with van der Waals surface area (Å²) >= 11 is 0. The zero-order chi connectivity index (χ0) is 26.7. The molecular formula is C31H36N2O4. The van der Waals surface area contributed by atoms with Crippen LogP contribution in [0.4, 0.5) is 4.79 Å². The van der Waals surface area contributed by atoms with Gasteiger partial charge in [-0.3, -0.25) is 0 Å². The van der Waals surface area contributed by atoms with E-state index in [-0.39, 0.29) is 19.8 Å². The van der Waals surface area contributed by atoms with E-state index in [0.29, 0.717) is 6.61 Å². The van der Waals surface area contributed by atoms with E-state index in [9.17, 15) is 10.1 Å².